The molecule has 0 spiro atoms. The van der Waals surface area contributed by atoms with Crippen molar-refractivity contribution in [2.75, 3.05) is 19.0 Å². The van der Waals surface area contributed by atoms with Gasteiger partial charge in [-0.1, -0.05) is 177 Å². The number of nitrogens with zero attached hydrogens (tertiary/aromatic N) is 2. The average Bonchev–Trinajstić information content (AvgIpc) is 3.57. The van der Waals surface area contributed by atoms with Crippen molar-refractivity contribution in [3.8, 4) is 0 Å². The zero-order chi connectivity index (χ0) is 43.2. The quantitative estimate of drug-likeness (QED) is 0.0705. The molecule has 0 amide bonds. The molecule has 3 aromatic rings. The molecule has 0 saturated heterocycles. The number of rotatable bonds is 23. The summed E-state index contributed by atoms with van der Waals surface area (Å²) < 4.78 is 2.39. The van der Waals surface area contributed by atoms with Crippen molar-refractivity contribution in [2.45, 2.75) is 173 Å². The third-order valence-electron chi connectivity index (χ3n) is 14.1. The van der Waals surface area contributed by atoms with Crippen LogP contribution >= 0.6 is 0 Å². The second kappa shape index (κ2) is 23.5. The molecule has 0 saturated carbocycles. The van der Waals surface area contributed by atoms with Gasteiger partial charge in [-0.05, 0) is 104 Å². The minimum atomic E-state index is -0.910. The number of carbonyl (C=O) groups is 1. The van der Waals surface area contributed by atoms with Crippen LogP contribution < -0.4 is 22.4 Å². The van der Waals surface area contributed by atoms with Gasteiger partial charge in [-0.25, -0.2) is 0 Å². The maximum atomic E-state index is 10.5. The normalized spacial score (nSPS) is 17.9. The molecule has 62 heavy (non-hydrogen) atoms. The fourth-order valence-corrected chi connectivity index (χ4v) is 10.5. The van der Waals surface area contributed by atoms with E-state index in [1.807, 2.05) is 0 Å². The Labute approximate surface area is 382 Å². The van der Waals surface area contributed by atoms with Gasteiger partial charge in [-0.15, -0.1) is 0 Å². The molecule has 0 N–H and O–H groups in total. The average molecular weight is 857 g/mol. The number of aliphatic carboxylic acids is 1. The number of likely N-dealkylation sites (N-methyl/N-ethyl adjacent to an activating group) is 1. The molecule has 3 aliphatic rings. The standard InChI is InChI=1S/C57H76N2O2.ClH/c1-56(2)48-31-23-25-33-50(48)58(5)52(56)42-40-45-29-27-30-46(41-43-53-57(3,4)49-32-24-26-34-51(49)59(53)6)55(45)47-38-36-44(37-39-47)28-21-19-17-15-13-11-9-7-8-10-12-14-16-18-20-22-35-54(60)61;/h23-26,31-34,36-43H,7-22,27-30,35H2,1-6H3;1H/p-1. The lowest BCUT2D eigenvalue weighted by Gasteiger charge is -2.25. The van der Waals surface area contributed by atoms with Gasteiger partial charge in [0, 0.05) is 47.5 Å². The van der Waals surface area contributed by atoms with Crippen molar-refractivity contribution in [3.63, 3.8) is 0 Å². The summed E-state index contributed by atoms with van der Waals surface area (Å²) in [5.74, 6) is -0.910. The van der Waals surface area contributed by atoms with Crippen molar-refractivity contribution in [1.29, 1.82) is 0 Å². The maximum absolute atomic E-state index is 10.5. The molecule has 0 radical (unpaired) electrons. The Balaban J connectivity index is 0.00000726. The fraction of sp³-hybridized carbons (Fsp3) is 0.509. The minimum Gasteiger partial charge on any atom is -1.00 e. The lowest BCUT2D eigenvalue weighted by molar-refractivity contribution is -0.401. The molecule has 2 aliphatic heterocycles. The van der Waals surface area contributed by atoms with Crippen LogP contribution in [0, 0.1) is 0 Å². The first-order valence-electron chi connectivity index (χ1n) is 24.2. The van der Waals surface area contributed by atoms with Crippen molar-refractivity contribution in [1.82, 2.24) is 0 Å². The minimum absolute atomic E-state index is 0. The Morgan fingerprint density at radius 2 is 1.21 bits per heavy atom. The number of hydrogen-bond donors (Lipinski definition) is 0. The molecule has 0 unspecified atom stereocenters. The van der Waals surface area contributed by atoms with E-state index in [1.54, 1.807) is 0 Å². The third-order valence-corrected chi connectivity index (χ3v) is 14.1. The Bertz CT molecular complexity index is 2100. The smallest absolute Gasteiger partial charge is 0.209 e. The molecule has 2 heterocycles. The fourth-order valence-electron chi connectivity index (χ4n) is 10.5. The van der Waals surface area contributed by atoms with Crippen LogP contribution in [0.25, 0.3) is 5.57 Å². The summed E-state index contributed by atoms with van der Waals surface area (Å²) >= 11 is 0. The van der Waals surface area contributed by atoms with Gasteiger partial charge < -0.3 is 27.2 Å². The van der Waals surface area contributed by atoms with Crippen LogP contribution in [0.3, 0.4) is 0 Å². The molecule has 5 heteroatoms. The molecular weight excluding hydrogens is 780 g/mol. The zero-order valence-electron chi connectivity index (χ0n) is 39.2. The van der Waals surface area contributed by atoms with Gasteiger partial charge in [-0.3, -0.25) is 0 Å². The van der Waals surface area contributed by atoms with Crippen LogP contribution in [0.15, 0.2) is 114 Å². The van der Waals surface area contributed by atoms with Gasteiger partial charge in [0.15, 0.2) is 5.71 Å². The van der Waals surface area contributed by atoms with Crippen LogP contribution in [-0.4, -0.2) is 30.4 Å². The van der Waals surface area contributed by atoms with E-state index < -0.39 is 5.97 Å². The summed E-state index contributed by atoms with van der Waals surface area (Å²) in [5.41, 5.74) is 15.1. The lowest BCUT2D eigenvalue weighted by Crippen LogP contribution is -3.00. The summed E-state index contributed by atoms with van der Waals surface area (Å²) in [6.07, 6.45) is 34.8. The van der Waals surface area contributed by atoms with E-state index in [0.717, 1.165) is 44.9 Å². The van der Waals surface area contributed by atoms with Gasteiger partial charge in [0.1, 0.15) is 7.05 Å². The first-order chi connectivity index (χ1) is 29.5. The number of para-hydroxylation sites is 2. The van der Waals surface area contributed by atoms with E-state index in [4.69, 9.17) is 0 Å². The molecule has 334 valence electrons. The van der Waals surface area contributed by atoms with Crippen LogP contribution in [0.4, 0.5) is 11.4 Å². The first-order valence-corrected chi connectivity index (χ1v) is 24.2. The van der Waals surface area contributed by atoms with E-state index in [0.29, 0.717) is 0 Å². The highest BCUT2D eigenvalue weighted by Gasteiger charge is 2.42. The number of anilines is 1. The van der Waals surface area contributed by atoms with Gasteiger partial charge in [0.25, 0.3) is 0 Å². The van der Waals surface area contributed by atoms with E-state index in [9.17, 15) is 9.90 Å². The number of carbonyl (C=O) groups excluding carboxylic acids is 1. The Hall–Kier alpha value is -4.15. The summed E-state index contributed by atoms with van der Waals surface area (Å²) in [4.78, 5) is 12.9. The Morgan fingerprint density at radius 3 is 1.79 bits per heavy atom. The van der Waals surface area contributed by atoms with Crippen LogP contribution in [0.5, 0.6) is 0 Å². The summed E-state index contributed by atoms with van der Waals surface area (Å²) in [6, 6.07) is 27.4. The number of fused-ring (bicyclic) bond motifs is 2. The first kappa shape index (κ1) is 48.9. The maximum Gasteiger partial charge on any atom is 0.209 e. The molecule has 6 rings (SSSR count). The largest absolute Gasteiger partial charge is 1.00 e. The molecule has 0 fully saturated rings. The molecular formula is C57H76ClN2O2-. The number of carboxylic acids is 1. The Kier molecular flexibility index (Phi) is 18.5. The molecule has 0 atom stereocenters. The van der Waals surface area contributed by atoms with E-state index in [2.05, 4.69) is 148 Å². The topological polar surface area (TPSA) is 46.4 Å². The number of hydrogen-bond acceptors (Lipinski definition) is 3. The van der Waals surface area contributed by atoms with Gasteiger partial charge in [-0.2, -0.15) is 4.58 Å². The molecule has 0 aromatic heterocycles. The van der Waals surface area contributed by atoms with Gasteiger partial charge in [0.2, 0.25) is 5.69 Å². The third kappa shape index (κ3) is 12.3. The van der Waals surface area contributed by atoms with E-state index in [-0.39, 0.29) is 29.7 Å². The predicted octanol–water partition coefficient (Wildman–Crippen LogP) is 11.1. The molecule has 1 aliphatic carbocycles. The highest BCUT2D eigenvalue weighted by atomic mass is 35.5. The van der Waals surface area contributed by atoms with Crippen LogP contribution in [0.2, 0.25) is 0 Å². The lowest BCUT2D eigenvalue weighted by atomic mass is 9.79. The Morgan fingerprint density at radius 1 is 0.661 bits per heavy atom. The van der Waals surface area contributed by atoms with Crippen LogP contribution in [-0.2, 0) is 22.0 Å². The monoisotopic (exact) mass is 856 g/mol. The van der Waals surface area contributed by atoms with Gasteiger partial charge in [0.05, 0.1) is 5.41 Å². The van der Waals surface area contributed by atoms with Crippen molar-refractivity contribution < 1.29 is 26.9 Å². The number of unbranched alkanes of at least 4 members (excludes halogenated alkanes) is 15. The SMILES string of the molecule is CN1/C(=C/C=C2\CCCC(/C=C/C3=[N+](C)c4ccccc4C3(C)C)=C2c2ccc(CCCCCCCCCCCCCCCCCCC(=O)[O-])cc2)C(C)(C)c2ccccc21.[Cl-]. The van der Waals surface area contributed by atoms with Crippen molar-refractivity contribution in [3.05, 3.63) is 136 Å². The van der Waals surface area contributed by atoms with Gasteiger partial charge >= 0.3 is 0 Å². The number of benzene rings is 3. The number of allylic oxidation sites excluding steroid dienone is 8. The van der Waals surface area contributed by atoms with Crippen molar-refractivity contribution >= 4 is 28.6 Å². The summed E-state index contributed by atoms with van der Waals surface area (Å²) in [6.45, 7) is 9.46. The molecule has 3 aromatic carbocycles. The molecule has 4 nitrogen and oxygen atoms in total. The number of halogens is 1. The van der Waals surface area contributed by atoms with E-state index in [1.165, 1.54) is 145 Å². The summed E-state index contributed by atoms with van der Waals surface area (Å²) in [5, 5.41) is 10.5. The predicted molar refractivity (Wildman–Crippen MR) is 258 cm³/mol. The zero-order valence-corrected chi connectivity index (χ0v) is 39.9. The number of carboxylic acid groups (broad SMARTS) is 1. The highest BCUT2D eigenvalue weighted by molar-refractivity contribution is 6.03. The van der Waals surface area contributed by atoms with Crippen LogP contribution in [0.1, 0.15) is 178 Å². The number of aryl methyl sites for hydroxylation is 1. The second-order valence-corrected chi connectivity index (χ2v) is 19.3. The highest BCUT2D eigenvalue weighted by Crippen LogP contribution is 2.47. The van der Waals surface area contributed by atoms with E-state index >= 15 is 0 Å². The molecule has 0 bridgehead atoms. The summed E-state index contributed by atoms with van der Waals surface area (Å²) in [7, 11) is 4.45. The van der Waals surface area contributed by atoms with Crippen molar-refractivity contribution in [2.24, 2.45) is 0 Å². The second-order valence-electron chi connectivity index (χ2n) is 19.3.